The van der Waals surface area contributed by atoms with Crippen LogP contribution in [0.1, 0.15) is 33.7 Å². The first kappa shape index (κ1) is 21.2. The van der Waals surface area contributed by atoms with E-state index in [9.17, 15) is 4.79 Å². The van der Waals surface area contributed by atoms with Crippen molar-refractivity contribution in [1.29, 1.82) is 0 Å². The maximum Gasteiger partial charge on any atom is 0.272 e. The van der Waals surface area contributed by atoms with E-state index in [0.29, 0.717) is 11.7 Å². The molecule has 0 bridgehead atoms. The summed E-state index contributed by atoms with van der Waals surface area (Å²) in [6, 6.07) is 18.7. The van der Waals surface area contributed by atoms with Gasteiger partial charge in [-0.05, 0) is 47.4 Å². The van der Waals surface area contributed by atoms with Crippen LogP contribution in [0.4, 0.5) is 0 Å². The van der Waals surface area contributed by atoms with Crippen molar-refractivity contribution in [3.05, 3.63) is 83.3 Å². The fourth-order valence-electron chi connectivity index (χ4n) is 5.22. The van der Waals surface area contributed by atoms with E-state index in [-0.39, 0.29) is 5.91 Å². The van der Waals surface area contributed by atoms with Crippen molar-refractivity contribution in [2.45, 2.75) is 18.9 Å². The van der Waals surface area contributed by atoms with E-state index in [4.69, 9.17) is 14.7 Å². The number of ether oxygens (including phenoxy) is 1. The van der Waals surface area contributed by atoms with E-state index in [1.807, 2.05) is 35.4 Å². The van der Waals surface area contributed by atoms with Crippen LogP contribution in [0.3, 0.4) is 0 Å². The molecule has 2 saturated heterocycles. The third-order valence-corrected chi connectivity index (χ3v) is 7.11. The number of amides is 1. The Labute approximate surface area is 199 Å². The molecule has 1 unspecified atom stereocenters. The van der Waals surface area contributed by atoms with Crippen LogP contribution in [0.25, 0.3) is 22.9 Å². The van der Waals surface area contributed by atoms with Gasteiger partial charge in [-0.15, -0.1) is 0 Å². The number of pyridine rings is 2. The quantitative estimate of drug-likeness (QED) is 0.603. The molecule has 1 aliphatic carbocycles. The minimum Gasteiger partial charge on any atom is -0.379 e. The van der Waals surface area contributed by atoms with E-state index < -0.39 is 0 Å². The maximum absolute atomic E-state index is 13.2. The monoisotopic (exact) mass is 452 g/mol. The Morgan fingerprint density at radius 1 is 0.971 bits per heavy atom. The van der Waals surface area contributed by atoms with Gasteiger partial charge in [0.1, 0.15) is 5.69 Å². The Kier molecular flexibility index (Phi) is 5.69. The Morgan fingerprint density at radius 2 is 1.82 bits per heavy atom. The second-order valence-corrected chi connectivity index (χ2v) is 9.22. The normalized spacial score (nSPS) is 20.3. The van der Waals surface area contributed by atoms with E-state index in [1.165, 1.54) is 11.1 Å². The van der Waals surface area contributed by atoms with Gasteiger partial charge in [0, 0.05) is 50.4 Å². The molecule has 2 fully saturated rings. The number of carbonyl (C=O) groups excluding carboxylic acids is 1. The highest BCUT2D eigenvalue weighted by Crippen LogP contribution is 2.32. The highest BCUT2D eigenvalue weighted by atomic mass is 16.5. The molecule has 0 spiro atoms. The average molecular weight is 453 g/mol. The molecule has 3 aliphatic rings. The van der Waals surface area contributed by atoms with Crippen molar-refractivity contribution < 1.29 is 9.53 Å². The Balaban J connectivity index is 1.19. The number of morpholine rings is 1. The van der Waals surface area contributed by atoms with Crippen molar-refractivity contribution in [3.63, 3.8) is 0 Å². The number of rotatable bonds is 4. The van der Waals surface area contributed by atoms with E-state index >= 15 is 0 Å². The third-order valence-electron chi connectivity index (χ3n) is 7.11. The van der Waals surface area contributed by atoms with Crippen LogP contribution >= 0.6 is 0 Å². The number of fused-ring (bicyclic) bond motifs is 1. The molecule has 2 aliphatic heterocycles. The molecule has 2 aromatic heterocycles. The number of hydrogen-bond donors (Lipinski definition) is 0. The van der Waals surface area contributed by atoms with Crippen molar-refractivity contribution >= 4 is 17.6 Å². The number of carbonyl (C=O) groups is 1. The van der Waals surface area contributed by atoms with Crippen LogP contribution in [0, 0.1) is 0 Å². The summed E-state index contributed by atoms with van der Waals surface area (Å²) in [7, 11) is 0. The second kappa shape index (κ2) is 9.12. The van der Waals surface area contributed by atoms with Gasteiger partial charge in [0.15, 0.2) is 0 Å². The van der Waals surface area contributed by atoms with Crippen LogP contribution in [0.15, 0.2) is 60.8 Å². The minimum atomic E-state index is 0.0120. The van der Waals surface area contributed by atoms with Gasteiger partial charge >= 0.3 is 0 Å². The fraction of sp³-hybridized carbons (Fsp3) is 0.321. The first-order valence-corrected chi connectivity index (χ1v) is 12.1. The van der Waals surface area contributed by atoms with Crippen molar-refractivity contribution in [2.75, 3.05) is 39.4 Å². The fourth-order valence-corrected chi connectivity index (χ4v) is 5.22. The zero-order valence-corrected chi connectivity index (χ0v) is 19.2. The van der Waals surface area contributed by atoms with Gasteiger partial charge in [0.2, 0.25) is 0 Å². The van der Waals surface area contributed by atoms with Crippen molar-refractivity contribution in [1.82, 2.24) is 19.8 Å². The lowest BCUT2D eigenvalue weighted by molar-refractivity contribution is 0.0185. The molecule has 6 rings (SSSR count). The molecule has 6 heteroatoms. The second-order valence-electron chi connectivity index (χ2n) is 9.22. The van der Waals surface area contributed by atoms with Gasteiger partial charge < -0.3 is 9.64 Å². The lowest BCUT2D eigenvalue weighted by Gasteiger charge is -2.32. The number of nitrogens with zero attached hydrogens (tertiary/aromatic N) is 4. The minimum absolute atomic E-state index is 0.0120. The smallest absolute Gasteiger partial charge is 0.272 e. The highest BCUT2D eigenvalue weighted by Gasteiger charge is 2.32. The van der Waals surface area contributed by atoms with Crippen LogP contribution in [0.2, 0.25) is 0 Å². The molecule has 4 heterocycles. The Hall–Kier alpha value is -3.35. The van der Waals surface area contributed by atoms with Crippen LogP contribution in [0.5, 0.6) is 0 Å². The standard InChI is InChI=1S/C28H28N4O2/c33-28(32-10-9-24(19-32)31-11-13-34-14-12-31)26-8-4-7-25(30-26)23-16-22-15-21(17-27(22)29-18-23)20-5-2-1-3-6-20/h1-8,15-16,18,24H,9-14,17,19H2. The summed E-state index contributed by atoms with van der Waals surface area (Å²) in [6.07, 6.45) is 5.94. The van der Waals surface area contributed by atoms with Crippen LogP contribution in [-0.2, 0) is 11.2 Å². The third kappa shape index (κ3) is 4.15. The molecule has 0 radical (unpaired) electrons. The number of aromatic nitrogens is 2. The van der Waals surface area contributed by atoms with Crippen LogP contribution < -0.4 is 0 Å². The average Bonchev–Trinajstić information content (AvgIpc) is 3.57. The number of likely N-dealkylation sites (tertiary alicyclic amines) is 1. The first-order chi connectivity index (χ1) is 16.7. The Morgan fingerprint density at radius 3 is 2.68 bits per heavy atom. The van der Waals surface area contributed by atoms with E-state index in [2.05, 4.69) is 41.3 Å². The lowest BCUT2D eigenvalue weighted by Crippen LogP contribution is -2.45. The summed E-state index contributed by atoms with van der Waals surface area (Å²) in [5.41, 5.74) is 6.94. The molecule has 34 heavy (non-hydrogen) atoms. The first-order valence-electron chi connectivity index (χ1n) is 12.1. The van der Waals surface area contributed by atoms with Gasteiger partial charge in [-0.25, -0.2) is 4.98 Å². The molecule has 1 atom stereocenters. The van der Waals surface area contributed by atoms with Gasteiger partial charge in [-0.2, -0.15) is 0 Å². The van der Waals surface area contributed by atoms with Crippen LogP contribution in [-0.4, -0.2) is 71.1 Å². The lowest BCUT2D eigenvalue weighted by atomic mass is 10.1. The van der Waals surface area contributed by atoms with Gasteiger partial charge in [-0.3, -0.25) is 14.7 Å². The molecule has 3 aromatic rings. The van der Waals surface area contributed by atoms with Crippen molar-refractivity contribution in [3.8, 4) is 11.3 Å². The van der Waals surface area contributed by atoms with E-state index in [1.54, 1.807) is 0 Å². The summed E-state index contributed by atoms with van der Waals surface area (Å²) in [6.45, 7) is 5.01. The molecule has 6 nitrogen and oxygen atoms in total. The molecular formula is C28H28N4O2. The molecule has 0 saturated carbocycles. The summed E-state index contributed by atoms with van der Waals surface area (Å²) < 4.78 is 5.47. The maximum atomic E-state index is 13.2. The Bertz CT molecular complexity index is 1230. The molecule has 172 valence electrons. The predicted molar refractivity (Wildman–Crippen MR) is 132 cm³/mol. The largest absolute Gasteiger partial charge is 0.379 e. The SMILES string of the molecule is O=C(c1cccc(-c2cnc3c(c2)C=C(c2ccccc2)C3)n1)N1CCC(N2CCOCC2)C1. The number of allylic oxidation sites excluding steroid dienone is 1. The zero-order chi connectivity index (χ0) is 22.9. The zero-order valence-electron chi connectivity index (χ0n) is 19.2. The van der Waals surface area contributed by atoms with Gasteiger partial charge in [0.25, 0.3) is 5.91 Å². The van der Waals surface area contributed by atoms with Crippen molar-refractivity contribution in [2.24, 2.45) is 0 Å². The molecule has 1 aromatic carbocycles. The summed E-state index contributed by atoms with van der Waals surface area (Å²) in [5, 5.41) is 0. The molecule has 1 amide bonds. The number of benzene rings is 1. The topological polar surface area (TPSA) is 58.6 Å². The summed E-state index contributed by atoms with van der Waals surface area (Å²) >= 11 is 0. The number of hydrogen-bond acceptors (Lipinski definition) is 5. The summed E-state index contributed by atoms with van der Waals surface area (Å²) in [4.78, 5) is 27.1. The molecule has 0 N–H and O–H groups in total. The van der Waals surface area contributed by atoms with Gasteiger partial charge in [-0.1, -0.05) is 36.4 Å². The molecular weight excluding hydrogens is 424 g/mol. The van der Waals surface area contributed by atoms with E-state index in [0.717, 1.165) is 74.7 Å². The predicted octanol–water partition coefficient (Wildman–Crippen LogP) is 3.79. The summed E-state index contributed by atoms with van der Waals surface area (Å²) in [5.74, 6) is 0.0120. The van der Waals surface area contributed by atoms with Gasteiger partial charge in [0.05, 0.1) is 24.6 Å². The highest BCUT2D eigenvalue weighted by molar-refractivity contribution is 5.93.